The molecule has 0 saturated heterocycles. The van der Waals surface area contributed by atoms with Crippen molar-refractivity contribution >= 4 is 22.7 Å². The highest BCUT2D eigenvalue weighted by atomic mass is 16.5. The molecule has 5 rings (SSSR count). The summed E-state index contributed by atoms with van der Waals surface area (Å²) in [6.07, 6.45) is 10.1. The van der Waals surface area contributed by atoms with Crippen LogP contribution in [0, 0.1) is 6.92 Å². The average Bonchev–Trinajstić information content (AvgIpc) is 3.64. The number of ether oxygens (including phenoxy) is 2. The van der Waals surface area contributed by atoms with E-state index in [1.165, 1.54) is 0 Å². The highest BCUT2D eigenvalue weighted by molar-refractivity contribution is 5.77. The summed E-state index contributed by atoms with van der Waals surface area (Å²) in [7, 11) is 5.23. The van der Waals surface area contributed by atoms with E-state index < -0.39 is 0 Å². The summed E-state index contributed by atoms with van der Waals surface area (Å²) in [4.78, 5) is 24.1. The molecule has 0 amide bonds. The molecule has 0 spiro atoms. The maximum Gasteiger partial charge on any atom is 0.180 e. The first-order chi connectivity index (χ1) is 18.6. The average molecular weight is 514 g/mol. The fraction of sp³-hybridized carbons (Fsp3) is 0.296. The maximum atomic E-state index is 5.63. The molecule has 0 aliphatic rings. The van der Waals surface area contributed by atoms with Gasteiger partial charge in [-0.05, 0) is 39.1 Å². The molecule has 0 aliphatic heterocycles. The Labute approximate surface area is 220 Å². The smallest absolute Gasteiger partial charge is 0.180 e. The van der Waals surface area contributed by atoms with E-state index in [0.29, 0.717) is 29.3 Å². The van der Waals surface area contributed by atoms with Gasteiger partial charge in [-0.3, -0.25) is 9.67 Å². The van der Waals surface area contributed by atoms with Crippen molar-refractivity contribution in [2.75, 3.05) is 32.7 Å². The lowest BCUT2D eigenvalue weighted by atomic mass is 10.1. The van der Waals surface area contributed by atoms with Crippen LogP contribution in [0.3, 0.4) is 0 Å². The van der Waals surface area contributed by atoms with Gasteiger partial charge in [-0.1, -0.05) is 0 Å². The third-order valence-corrected chi connectivity index (χ3v) is 6.33. The second-order valence-corrected chi connectivity index (χ2v) is 8.81. The largest absolute Gasteiger partial charge is 0.497 e. The van der Waals surface area contributed by atoms with Gasteiger partial charge in [0.25, 0.3) is 0 Å². The van der Waals surface area contributed by atoms with E-state index in [2.05, 4.69) is 30.3 Å². The number of pyridine rings is 1. The number of aromatic amines is 1. The molecule has 0 unspecified atom stereocenters. The number of nitrogens with one attached hydrogen (secondary N) is 2. The topological polar surface area (TPSA) is 119 Å². The highest BCUT2D eigenvalue weighted by Gasteiger charge is 2.20. The monoisotopic (exact) mass is 513 g/mol. The number of aromatic nitrogens is 7. The first-order valence-electron chi connectivity index (χ1n) is 12.4. The number of hydrogen-bond donors (Lipinski definition) is 2. The van der Waals surface area contributed by atoms with E-state index >= 15 is 0 Å². The molecule has 1 aromatic carbocycles. The van der Waals surface area contributed by atoms with Crippen LogP contribution in [0.5, 0.6) is 11.5 Å². The van der Waals surface area contributed by atoms with E-state index in [9.17, 15) is 0 Å². The number of hydrogen-bond acceptors (Lipinski definition) is 9. The predicted molar refractivity (Wildman–Crippen MR) is 146 cm³/mol. The van der Waals surface area contributed by atoms with E-state index in [1.54, 1.807) is 32.8 Å². The minimum atomic E-state index is 0.454. The van der Waals surface area contributed by atoms with Crippen LogP contribution in [0.2, 0.25) is 0 Å². The molecule has 0 fully saturated rings. The SMILES string of the molecule is CNCCCn1cc(-c2cnc3ccc(N(Cc4ncc[nH]4)c4cc(OC)cc(OC)c4C)nc3n2)cn1. The van der Waals surface area contributed by atoms with E-state index in [-0.39, 0.29) is 0 Å². The van der Waals surface area contributed by atoms with Crippen LogP contribution in [-0.2, 0) is 13.1 Å². The van der Waals surface area contributed by atoms with E-state index in [4.69, 9.17) is 19.4 Å². The Hall–Kier alpha value is -4.51. The summed E-state index contributed by atoms with van der Waals surface area (Å²) in [5.41, 5.74) is 4.70. The van der Waals surface area contributed by atoms with Gasteiger partial charge in [-0.25, -0.2) is 15.0 Å². The number of anilines is 2. The molecule has 0 bridgehead atoms. The number of aryl methyl sites for hydroxylation is 1. The molecule has 0 atom stereocenters. The van der Waals surface area contributed by atoms with Gasteiger partial charge in [-0.2, -0.15) is 5.10 Å². The lowest BCUT2D eigenvalue weighted by Gasteiger charge is -2.26. The Morgan fingerprint density at radius 2 is 1.97 bits per heavy atom. The van der Waals surface area contributed by atoms with Crippen molar-refractivity contribution in [1.82, 2.24) is 40.0 Å². The molecule has 4 aromatic heterocycles. The van der Waals surface area contributed by atoms with E-state index in [1.807, 2.05) is 55.3 Å². The number of nitrogens with zero attached hydrogens (tertiary/aromatic N) is 7. The quantitative estimate of drug-likeness (QED) is 0.254. The lowest BCUT2D eigenvalue weighted by Crippen LogP contribution is -2.20. The Bertz CT molecular complexity index is 1510. The number of imidazole rings is 1. The molecular formula is C27H31N9O2. The normalized spacial score (nSPS) is 11.2. The molecule has 38 heavy (non-hydrogen) atoms. The van der Waals surface area contributed by atoms with Crippen molar-refractivity contribution in [1.29, 1.82) is 0 Å². The highest BCUT2D eigenvalue weighted by Crippen LogP contribution is 2.38. The van der Waals surface area contributed by atoms with Crippen molar-refractivity contribution in [2.45, 2.75) is 26.4 Å². The number of fused-ring (bicyclic) bond motifs is 1. The molecule has 4 heterocycles. The minimum Gasteiger partial charge on any atom is -0.497 e. The molecule has 5 aromatic rings. The molecule has 0 aliphatic carbocycles. The van der Waals surface area contributed by atoms with Gasteiger partial charge in [0.2, 0.25) is 0 Å². The van der Waals surface area contributed by atoms with Crippen molar-refractivity contribution in [2.24, 2.45) is 0 Å². The fourth-order valence-corrected chi connectivity index (χ4v) is 4.30. The second kappa shape index (κ2) is 11.3. The molecule has 196 valence electrons. The van der Waals surface area contributed by atoms with Crippen molar-refractivity contribution in [3.8, 4) is 22.8 Å². The standard InChI is InChI=1S/C27H31N9O2/c1-18-23(12-20(37-3)13-24(18)38-4)36(17-25-29-9-10-30-25)26-7-6-21-27(34-26)33-22(15-31-21)19-14-32-35(16-19)11-5-8-28-2/h6-7,9-10,12-16,28H,5,8,11,17H2,1-4H3,(H,29,30). The molecule has 11 nitrogen and oxygen atoms in total. The predicted octanol–water partition coefficient (Wildman–Crippen LogP) is 3.88. The minimum absolute atomic E-state index is 0.454. The third kappa shape index (κ3) is 5.28. The van der Waals surface area contributed by atoms with E-state index in [0.717, 1.165) is 53.6 Å². The number of H-pyrrole nitrogens is 1. The maximum absolute atomic E-state index is 5.63. The molecular weight excluding hydrogens is 482 g/mol. The summed E-state index contributed by atoms with van der Waals surface area (Å²) in [6.45, 7) is 4.23. The third-order valence-electron chi connectivity index (χ3n) is 6.33. The van der Waals surface area contributed by atoms with Crippen LogP contribution in [0.4, 0.5) is 11.5 Å². The van der Waals surface area contributed by atoms with Crippen LogP contribution in [0.1, 0.15) is 17.8 Å². The van der Waals surface area contributed by atoms with Crippen molar-refractivity contribution in [3.05, 3.63) is 66.6 Å². The van der Waals surface area contributed by atoms with Gasteiger partial charge in [0.15, 0.2) is 5.65 Å². The Morgan fingerprint density at radius 3 is 2.74 bits per heavy atom. The summed E-state index contributed by atoms with van der Waals surface area (Å²) < 4.78 is 13.1. The Balaban J connectivity index is 1.55. The zero-order valence-corrected chi connectivity index (χ0v) is 22.0. The summed E-state index contributed by atoms with van der Waals surface area (Å²) in [6, 6.07) is 7.70. The van der Waals surface area contributed by atoms with Gasteiger partial charge >= 0.3 is 0 Å². The van der Waals surface area contributed by atoms with Crippen LogP contribution in [0.25, 0.3) is 22.4 Å². The van der Waals surface area contributed by atoms with Gasteiger partial charge < -0.3 is 24.7 Å². The fourth-order valence-electron chi connectivity index (χ4n) is 4.30. The second-order valence-electron chi connectivity index (χ2n) is 8.81. The van der Waals surface area contributed by atoms with Crippen LogP contribution < -0.4 is 19.7 Å². The summed E-state index contributed by atoms with van der Waals surface area (Å²) in [5, 5.41) is 7.63. The number of rotatable bonds is 11. The molecule has 11 heteroatoms. The summed E-state index contributed by atoms with van der Waals surface area (Å²) in [5.74, 6) is 2.89. The van der Waals surface area contributed by atoms with Crippen LogP contribution >= 0.6 is 0 Å². The first kappa shape index (κ1) is 25.2. The van der Waals surface area contributed by atoms with Gasteiger partial charge in [0.05, 0.1) is 44.5 Å². The lowest BCUT2D eigenvalue weighted by molar-refractivity contribution is 0.392. The summed E-state index contributed by atoms with van der Waals surface area (Å²) >= 11 is 0. The van der Waals surface area contributed by atoms with Crippen LogP contribution in [0.15, 0.2) is 55.2 Å². The number of methoxy groups -OCH3 is 2. The van der Waals surface area contributed by atoms with Gasteiger partial charge in [-0.15, -0.1) is 0 Å². The Kier molecular flexibility index (Phi) is 7.45. The van der Waals surface area contributed by atoms with Crippen LogP contribution in [-0.4, -0.2) is 62.5 Å². The zero-order valence-electron chi connectivity index (χ0n) is 22.0. The number of benzene rings is 1. The van der Waals surface area contributed by atoms with Gasteiger partial charge in [0.1, 0.15) is 28.7 Å². The van der Waals surface area contributed by atoms with Crippen molar-refractivity contribution < 1.29 is 9.47 Å². The molecule has 0 radical (unpaired) electrons. The first-order valence-corrected chi connectivity index (χ1v) is 12.4. The van der Waals surface area contributed by atoms with Gasteiger partial charge in [0, 0.05) is 48.4 Å². The zero-order chi connectivity index (χ0) is 26.5. The molecule has 2 N–H and O–H groups in total. The Morgan fingerprint density at radius 1 is 1.08 bits per heavy atom. The van der Waals surface area contributed by atoms with Crippen molar-refractivity contribution in [3.63, 3.8) is 0 Å². The molecule has 0 saturated carbocycles.